The molecule has 0 amide bonds. The van der Waals surface area contributed by atoms with Crippen molar-refractivity contribution < 1.29 is 0 Å². The third-order valence-corrected chi connectivity index (χ3v) is 7.75. The Labute approximate surface area is 143 Å². The zero-order valence-electron chi connectivity index (χ0n) is 15.3. The van der Waals surface area contributed by atoms with Crippen molar-refractivity contribution in [3.05, 3.63) is 0 Å². The normalized spacial score (nSPS) is 14.6. The molecule has 0 heterocycles. The number of hydrogen-bond donors (Lipinski definition) is 0. The van der Waals surface area contributed by atoms with Gasteiger partial charge in [0.1, 0.15) is 0 Å². The van der Waals surface area contributed by atoms with Gasteiger partial charge >= 0.3 is 0 Å². The molecule has 0 nitrogen and oxygen atoms in total. The van der Waals surface area contributed by atoms with Gasteiger partial charge in [-0.1, -0.05) is 114 Å². The number of rotatable bonds is 15. The van der Waals surface area contributed by atoms with Crippen molar-refractivity contribution in [2.45, 2.75) is 116 Å². The van der Waals surface area contributed by atoms with Crippen LogP contribution in [0.3, 0.4) is 0 Å². The van der Waals surface area contributed by atoms with Crippen molar-refractivity contribution >= 4 is 21.6 Å². The van der Waals surface area contributed by atoms with Crippen LogP contribution in [0.25, 0.3) is 0 Å². The molecule has 0 aliphatic rings. The largest absolute Gasteiger partial charge is 0.0910 e. The molecule has 1 unspecified atom stereocenters. The molecule has 0 aromatic rings. The van der Waals surface area contributed by atoms with Gasteiger partial charge in [0.2, 0.25) is 0 Å². The van der Waals surface area contributed by atoms with Crippen LogP contribution in [-0.2, 0) is 0 Å². The van der Waals surface area contributed by atoms with Gasteiger partial charge in [0, 0.05) is 10.5 Å². The molecule has 2 atom stereocenters. The van der Waals surface area contributed by atoms with E-state index in [9.17, 15) is 0 Å². The lowest BCUT2D eigenvalue weighted by Gasteiger charge is -2.24. The van der Waals surface area contributed by atoms with E-state index in [0.29, 0.717) is 0 Å². The molecule has 0 aliphatic carbocycles. The number of unbranched alkanes of at least 4 members (excludes halogenated alkanes) is 7. The molecule has 0 aliphatic heterocycles. The van der Waals surface area contributed by atoms with E-state index in [1.165, 1.54) is 70.6 Å². The molecular formula is C19H40S2. The summed E-state index contributed by atoms with van der Waals surface area (Å²) in [4.78, 5) is 0. The van der Waals surface area contributed by atoms with Crippen LogP contribution >= 0.6 is 21.6 Å². The van der Waals surface area contributed by atoms with Crippen LogP contribution in [0.1, 0.15) is 105 Å². The summed E-state index contributed by atoms with van der Waals surface area (Å²) in [6.07, 6.45) is 15.7. The van der Waals surface area contributed by atoms with Crippen molar-refractivity contribution in [2.24, 2.45) is 5.92 Å². The Morgan fingerprint density at radius 3 is 1.57 bits per heavy atom. The summed E-state index contributed by atoms with van der Waals surface area (Å²) in [5.74, 6) is 0.944. The first-order valence-corrected chi connectivity index (χ1v) is 11.7. The van der Waals surface area contributed by atoms with Gasteiger partial charge in [-0.2, -0.15) is 0 Å². The van der Waals surface area contributed by atoms with E-state index in [1.54, 1.807) is 0 Å². The Balaban J connectivity index is 4.00. The average Bonchev–Trinajstić information content (AvgIpc) is 2.46. The molecule has 2 heteroatoms. The Bertz CT molecular complexity index is 204. The zero-order chi connectivity index (χ0) is 15.9. The summed E-state index contributed by atoms with van der Waals surface area (Å²) in [6, 6.07) is 0. The molecule has 0 fully saturated rings. The van der Waals surface area contributed by atoms with Crippen LogP contribution in [0.2, 0.25) is 0 Å². The minimum Gasteiger partial charge on any atom is -0.0910 e. The van der Waals surface area contributed by atoms with Crippen LogP contribution in [-0.4, -0.2) is 10.5 Å². The summed E-state index contributed by atoms with van der Waals surface area (Å²) in [6.45, 7) is 11.7. The fourth-order valence-electron chi connectivity index (χ4n) is 2.73. The molecule has 0 radical (unpaired) electrons. The quantitative estimate of drug-likeness (QED) is 0.219. The van der Waals surface area contributed by atoms with E-state index in [1.807, 2.05) is 0 Å². The van der Waals surface area contributed by atoms with E-state index < -0.39 is 0 Å². The van der Waals surface area contributed by atoms with Crippen LogP contribution in [0.5, 0.6) is 0 Å². The fourth-order valence-corrected chi connectivity index (χ4v) is 5.23. The fraction of sp³-hybridized carbons (Fsp3) is 1.00. The van der Waals surface area contributed by atoms with Crippen molar-refractivity contribution in [3.63, 3.8) is 0 Å². The van der Waals surface area contributed by atoms with Gasteiger partial charge in [0.05, 0.1) is 0 Å². The van der Waals surface area contributed by atoms with Gasteiger partial charge in [-0.25, -0.2) is 0 Å². The highest BCUT2D eigenvalue weighted by atomic mass is 33.1. The maximum absolute atomic E-state index is 2.47. The third-order valence-electron chi connectivity index (χ3n) is 4.17. The standard InChI is InChI=1S/C19H40S2/c1-6-8-10-12-14-16-19(15-13-11-9-7-2)18(5)21-20-17(3)4/h17-19H,6-16H2,1-5H3/t18-,19?/m0/s1. The predicted molar refractivity (Wildman–Crippen MR) is 105 cm³/mol. The summed E-state index contributed by atoms with van der Waals surface area (Å²) in [5.41, 5.74) is 0. The van der Waals surface area contributed by atoms with Crippen LogP contribution in [0.4, 0.5) is 0 Å². The van der Waals surface area contributed by atoms with Gasteiger partial charge in [0.25, 0.3) is 0 Å². The Morgan fingerprint density at radius 2 is 1.10 bits per heavy atom. The second-order valence-corrected chi connectivity index (χ2v) is 9.98. The molecule has 0 aromatic heterocycles. The van der Waals surface area contributed by atoms with E-state index in [4.69, 9.17) is 0 Å². The van der Waals surface area contributed by atoms with Crippen molar-refractivity contribution in [2.75, 3.05) is 0 Å². The van der Waals surface area contributed by atoms with Crippen molar-refractivity contribution in [1.82, 2.24) is 0 Å². The van der Waals surface area contributed by atoms with Gasteiger partial charge in [-0.3, -0.25) is 0 Å². The van der Waals surface area contributed by atoms with Crippen LogP contribution < -0.4 is 0 Å². The minimum absolute atomic E-state index is 0.753. The topological polar surface area (TPSA) is 0 Å². The molecule has 0 rings (SSSR count). The minimum atomic E-state index is 0.753. The third kappa shape index (κ3) is 14.0. The zero-order valence-corrected chi connectivity index (χ0v) is 17.0. The Hall–Kier alpha value is 0.700. The predicted octanol–water partition coefficient (Wildman–Crippen LogP) is 8.11. The lowest BCUT2D eigenvalue weighted by atomic mass is 9.92. The molecule has 128 valence electrons. The average molecular weight is 333 g/mol. The monoisotopic (exact) mass is 332 g/mol. The molecule has 0 bridgehead atoms. The van der Waals surface area contributed by atoms with E-state index in [2.05, 4.69) is 56.2 Å². The summed E-state index contributed by atoms with van der Waals surface area (Å²) in [5, 5.41) is 1.58. The highest BCUT2D eigenvalue weighted by Gasteiger charge is 2.18. The molecule has 21 heavy (non-hydrogen) atoms. The number of hydrogen-bond acceptors (Lipinski definition) is 2. The Kier molecular flexibility index (Phi) is 16.1. The van der Waals surface area contributed by atoms with Crippen LogP contribution in [0.15, 0.2) is 0 Å². The second-order valence-electron chi connectivity index (χ2n) is 6.76. The first-order valence-electron chi connectivity index (χ1n) is 9.43. The van der Waals surface area contributed by atoms with Crippen molar-refractivity contribution in [1.29, 1.82) is 0 Å². The highest BCUT2D eigenvalue weighted by Crippen LogP contribution is 2.37. The smallest absolute Gasteiger partial charge is 0.0151 e. The highest BCUT2D eigenvalue weighted by molar-refractivity contribution is 8.77. The molecular weight excluding hydrogens is 292 g/mol. The van der Waals surface area contributed by atoms with E-state index in [0.717, 1.165) is 16.4 Å². The SMILES string of the molecule is CCCCCCCC(CCCCCC)[C@H](C)SSC(C)C. The van der Waals surface area contributed by atoms with E-state index in [-0.39, 0.29) is 0 Å². The van der Waals surface area contributed by atoms with Gasteiger partial charge in [0.15, 0.2) is 0 Å². The van der Waals surface area contributed by atoms with Crippen LogP contribution in [0, 0.1) is 5.92 Å². The summed E-state index contributed by atoms with van der Waals surface area (Å²) in [7, 11) is 4.22. The molecule has 0 spiro atoms. The molecule has 0 N–H and O–H groups in total. The summed E-state index contributed by atoms with van der Waals surface area (Å²) >= 11 is 0. The van der Waals surface area contributed by atoms with Gasteiger partial charge in [-0.05, 0) is 18.8 Å². The first kappa shape index (κ1) is 21.7. The maximum atomic E-state index is 2.47. The lowest BCUT2D eigenvalue weighted by molar-refractivity contribution is 0.403. The van der Waals surface area contributed by atoms with E-state index >= 15 is 0 Å². The van der Waals surface area contributed by atoms with Gasteiger partial charge < -0.3 is 0 Å². The second kappa shape index (κ2) is 15.6. The summed E-state index contributed by atoms with van der Waals surface area (Å²) < 4.78 is 0. The Morgan fingerprint density at radius 1 is 0.619 bits per heavy atom. The molecule has 0 saturated heterocycles. The molecule has 0 saturated carbocycles. The lowest BCUT2D eigenvalue weighted by Crippen LogP contribution is -2.14. The van der Waals surface area contributed by atoms with Gasteiger partial charge in [-0.15, -0.1) is 0 Å². The first-order chi connectivity index (χ1) is 10.1. The van der Waals surface area contributed by atoms with Crippen molar-refractivity contribution in [3.8, 4) is 0 Å². The molecule has 0 aromatic carbocycles. The maximum Gasteiger partial charge on any atom is 0.0151 e.